The Hall–Kier alpha value is -3.21. The van der Waals surface area contributed by atoms with E-state index < -0.39 is 0 Å². The van der Waals surface area contributed by atoms with Crippen LogP contribution < -0.4 is 5.56 Å². The van der Waals surface area contributed by atoms with E-state index in [1.54, 1.807) is 21.8 Å². The summed E-state index contributed by atoms with van der Waals surface area (Å²) in [4.78, 5) is 17.4. The zero-order valence-corrected chi connectivity index (χ0v) is 14.4. The van der Waals surface area contributed by atoms with E-state index in [2.05, 4.69) is 22.2 Å². The molecule has 0 aliphatic carbocycles. The average Bonchev–Trinajstić information content (AvgIpc) is 3.03. The number of aromatic nitrogens is 4. The molecule has 2 aromatic heterocycles. The van der Waals surface area contributed by atoms with Crippen LogP contribution >= 0.6 is 0 Å². The summed E-state index contributed by atoms with van der Waals surface area (Å²) >= 11 is 0. The predicted octanol–water partition coefficient (Wildman–Crippen LogP) is 3.50. The van der Waals surface area contributed by atoms with Crippen molar-refractivity contribution in [1.29, 1.82) is 0 Å². The number of rotatable bonds is 2. The molecule has 0 aliphatic rings. The van der Waals surface area contributed by atoms with Gasteiger partial charge in [0.15, 0.2) is 5.65 Å². The highest BCUT2D eigenvalue weighted by atomic mass is 16.1. The van der Waals surface area contributed by atoms with E-state index in [-0.39, 0.29) is 5.56 Å². The lowest BCUT2D eigenvalue weighted by molar-refractivity contribution is 0.877. The summed E-state index contributed by atoms with van der Waals surface area (Å²) in [5, 5.41) is 4.92. The Morgan fingerprint density at radius 2 is 1.64 bits per heavy atom. The molecule has 0 amide bonds. The molecule has 0 N–H and O–H groups in total. The molecule has 0 fully saturated rings. The van der Waals surface area contributed by atoms with Crippen LogP contribution in [-0.4, -0.2) is 19.3 Å². The minimum Gasteiger partial charge on any atom is -0.268 e. The Labute approximate surface area is 145 Å². The van der Waals surface area contributed by atoms with E-state index in [0.29, 0.717) is 11.0 Å². The molecule has 0 unspecified atom stereocenters. The lowest BCUT2D eigenvalue weighted by atomic mass is 10.1. The minimum atomic E-state index is -0.120. The highest BCUT2D eigenvalue weighted by molar-refractivity contribution is 5.75. The van der Waals surface area contributed by atoms with Crippen LogP contribution in [0.25, 0.3) is 22.4 Å². The molecular formula is C20H18N4O. The minimum absolute atomic E-state index is 0.120. The molecule has 0 atom stereocenters. The summed E-state index contributed by atoms with van der Waals surface area (Å²) in [6.45, 7) is 6.07. The molecule has 4 rings (SSSR count). The molecule has 0 radical (unpaired) electrons. The van der Waals surface area contributed by atoms with Gasteiger partial charge >= 0.3 is 0 Å². The second-order valence-corrected chi connectivity index (χ2v) is 6.34. The number of benzene rings is 2. The quantitative estimate of drug-likeness (QED) is 0.565. The van der Waals surface area contributed by atoms with Crippen molar-refractivity contribution in [3.63, 3.8) is 0 Å². The molecule has 25 heavy (non-hydrogen) atoms. The molecule has 0 saturated heterocycles. The van der Waals surface area contributed by atoms with Crippen molar-refractivity contribution in [2.45, 2.75) is 20.8 Å². The third-order valence-corrected chi connectivity index (χ3v) is 4.39. The van der Waals surface area contributed by atoms with Crippen LogP contribution in [0.1, 0.15) is 16.7 Å². The molecule has 124 valence electrons. The fourth-order valence-corrected chi connectivity index (χ4v) is 2.92. The van der Waals surface area contributed by atoms with E-state index >= 15 is 0 Å². The zero-order valence-electron chi connectivity index (χ0n) is 14.4. The Bertz CT molecular complexity index is 1140. The molecule has 0 bridgehead atoms. The lowest BCUT2D eigenvalue weighted by Gasteiger charge is -2.09. The van der Waals surface area contributed by atoms with Gasteiger partial charge in [0.1, 0.15) is 11.7 Å². The van der Waals surface area contributed by atoms with Gasteiger partial charge in [-0.2, -0.15) is 5.10 Å². The topological polar surface area (TPSA) is 52.7 Å². The second kappa shape index (κ2) is 5.70. The molecule has 5 nitrogen and oxygen atoms in total. The van der Waals surface area contributed by atoms with E-state index in [9.17, 15) is 4.79 Å². The lowest BCUT2D eigenvalue weighted by Crippen LogP contribution is -2.18. The third-order valence-electron chi connectivity index (χ3n) is 4.39. The van der Waals surface area contributed by atoms with Crippen LogP contribution in [0.2, 0.25) is 0 Å². The van der Waals surface area contributed by atoms with Gasteiger partial charge in [-0.3, -0.25) is 9.36 Å². The van der Waals surface area contributed by atoms with Gasteiger partial charge < -0.3 is 0 Å². The maximum Gasteiger partial charge on any atom is 0.269 e. The summed E-state index contributed by atoms with van der Waals surface area (Å²) in [7, 11) is 0. The highest BCUT2D eigenvalue weighted by Crippen LogP contribution is 2.19. The molecule has 2 aromatic carbocycles. The van der Waals surface area contributed by atoms with Gasteiger partial charge in [0.05, 0.1) is 17.6 Å². The van der Waals surface area contributed by atoms with Crippen molar-refractivity contribution < 1.29 is 0 Å². The zero-order chi connectivity index (χ0) is 17.6. The Kier molecular flexibility index (Phi) is 3.50. The normalized spacial score (nSPS) is 11.2. The summed E-state index contributed by atoms with van der Waals surface area (Å²) in [6, 6.07) is 13.9. The van der Waals surface area contributed by atoms with Crippen LogP contribution in [0.3, 0.4) is 0 Å². The molecule has 4 aromatic rings. The first-order chi connectivity index (χ1) is 12.0. The van der Waals surface area contributed by atoms with Crippen molar-refractivity contribution in [3.05, 3.63) is 82.0 Å². The number of nitrogens with zero attached hydrogens (tertiary/aromatic N) is 4. The van der Waals surface area contributed by atoms with Gasteiger partial charge in [-0.1, -0.05) is 29.8 Å². The van der Waals surface area contributed by atoms with Crippen molar-refractivity contribution in [1.82, 2.24) is 19.3 Å². The Balaban J connectivity index is 1.92. The van der Waals surface area contributed by atoms with Crippen LogP contribution in [0.4, 0.5) is 0 Å². The van der Waals surface area contributed by atoms with Gasteiger partial charge in [-0.05, 0) is 50.1 Å². The first kappa shape index (κ1) is 15.3. The predicted molar refractivity (Wildman–Crippen MR) is 98.7 cm³/mol. The van der Waals surface area contributed by atoms with Gasteiger partial charge in [-0.15, -0.1) is 0 Å². The van der Waals surface area contributed by atoms with Crippen molar-refractivity contribution in [3.8, 4) is 11.4 Å². The van der Waals surface area contributed by atoms with Crippen LogP contribution in [-0.2, 0) is 0 Å². The number of hydrogen-bond acceptors (Lipinski definition) is 3. The Morgan fingerprint density at radius 1 is 0.920 bits per heavy atom. The van der Waals surface area contributed by atoms with Crippen molar-refractivity contribution in [2.24, 2.45) is 0 Å². The van der Waals surface area contributed by atoms with Gasteiger partial charge in [-0.25, -0.2) is 9.67 Å². The van der Waals surface area contributed by atoms with E-state index in [1.807, 2.05) is 51.1 Å². The smallest absolute Gasteiger partial charge is 0.268 e. The number of aryl methyl sites for hydroxylation is 3. The number of hydrogen-bond donors (Lipinski definition) is 0. The largest absolute Gasteiger partial charge is 0.269 e. The van der Waals surface area contributed by atoms with Crippen LogP contribution in [0.15, 0.2) is 59.8 Å². The summed E-state index contributed by atoms with van der Waals surface area (Å²) in [6.07, 6.45) is 3.16. The van der Waals surface area contributed by atoms with Gasteiger partial charge in [0.2, 0.25) is 0 Å². The van der Waals surface area contributed by atoms with E-state index in [4.69, 9.17) is 0 Å². The summed E-state index contributed by atoms with van der Waals surface area (Å²) in [5.74, 6) is 0. The highest BCUT2D eigenvalue weighted by Gasteiger charge is 2.13. The molecular weight excluding hydrogens is 312 g/mol. The molecule has 5 heteroatoms. The summed E-state index contributed by atoms with van der Waals surface area (Å²) < 4.78 is 3.29. The fraction of sp³-hybridized carbons (Fsp3) is 0.150. The van der Waals surface area contributed by atoms with Gasteiger partial charge in [0.25, 0.3) is 5.56 Å². The van der Waals surface area contributed by atoms with Gasteiger partial charge in [0, 0.05) is 0 Å². The monoisotopic (exact) mass is 330 g/mol. The first-order valence-corrected chi connectivity index (χ1v) is 8.14. The molecule has 0 aliphatic heterocycles. The molecule has 0 saturated carbocycles. The second-order valence-electron chi connectivity index (χ2n) is 6.34. The van der Waals surface area contributed by atoms with E-state index in [0.717, 1.165) is 28.1 Å². The molecule has 0 spiro atoms. The SMILES string of the molecule is Cc1ccc(-n2cnc3c(cnn3-c3cc(C)ccc3C)c2=O)cc1. The number of fused-ring (bicyclic) bond motifs is 1. The average molecular weight is 330 g/mol. The fourth-order valence-electron chi connectivity index (χ4n) is 2.92. The van der Waals surface area contributed by atoms with Crippen LogP contribution in [0, 0.1) is 20.8 Å². The maximum absolute atomic E-state index is 12.9. The third kappa shape index (κ3) is 2.54. The first-order valence-electron chi connectivity index (χ1n) is 8.14. The van der Waals surface area contributed by atoms with E-state index in [1.165, 1.54) is 0 Å². The Morgan fingerprint density at radius 3 is 2.40 bits per heavy atom. The standard InChI is InChI=1S/C20H18N4O/c1-13-5-8-16(9-6-13)23-12-21-19-17(20(23)25)11-22-24(19)18-10-14(2)4-7-15(18)3/h4-12H,1-3H3. The maximum atomic E-state index is 12.9. The summed E-state index contributed by atoms with van der Waals surface area (Å²) in [5.41, 5.74) is 5.55. The molecule has 2 heterocycles. The van der Waals surface area contributed by atoms with Crippen molar-refractivity contribution >= 4 is 11.0 Å². The van der Waals surface area contributed by atoms with Crippen molar-refractivity contribution in [2.75, 3.05) is 0 Å². The van der Waals surface area contributed by atoms with Crippen LogP contribution in [0.5, 0.6) is 0 Å².